The van der Waals surface area contributed by atoms with Crippen LogP contribution in [-0.4, -0.2) is 35.6 Å². The van der Waals surface area contributed by atoms with Crippen LogP contribution in [0.2, 0.25) is 10.0 Å². The summed E-state index contributed by atoms with van der Waals surface area (Å²) in [7, 11) is 0. The average Bonchev–Trinajstić information content (AvgIpc) is 2.62. The van der Waals surface area contributed by atoms with Crippen molar-refractivity contribution < 1.29 is 14.4 Å². The fraction of sp³-hybridized carbons (Fsp3) is 0.211. The number of hydrogen-bond donors (Lipinski definition) is 1. The number of anilines is 1. The highest BCUT2D eigenvalue weighted by molar-refractivity contribution is 6.43. The van der Waals surface area contributed by atoms with Crippen molar-refractivity contribution in [1.29, 1.82) is 0 Å². The number of likely N-dealkylation sites (N-methyl/N-ethyl adjacent to an activating group) is 1. The molecule has 0 aliphatic carbocycles. The summed E-state index contributed by atoms with van der Waals surface area (Å²) in [5.41, 5.74) is 1.54. The van der Waals surface area contributed by atoms with Gasteiger partial charge in [0.05, 0.1) is 15.7 Å². The molecular formula is C19H18Cl2N2O3. The molecule has 0 heterocycles. The molecule has 5 nitrogen and oxygen atoms in total. The summed E-state index contributed by atoms with van der Waals surface area (Å²) in [6, 6.07) is 11.5. The Morgan fingerprint density at radius 2 is 1.58 bits per heavy atom. The number of carbonyl (C=O) groups excluding carboxylic acids is 3. The van der Waals surface area contributed by atoms with E-state index in [-0.39, 0.29) is 34.4 Å². The Kier molecular flexibility index (Phi) is 6.77. The molecule has 26 heavy (non-hydrogen) atoms. The molecule has 0 radical (unpaired) electrons. The molecule has 0 spiro atoms. The first-order chi connectivity index (χ1) is 12.3. The lowest BCUT2D eigenvalue weighted by atomic mass is 10.1. The summed E-state index contributed by atoms with van der Waals surface area (Å²) in [4.78, 5) is 38.2. The monoisotopic (exact) mass is 392 g/mol. The molecule has 0 bridgehead atoms. The van der Waals surface area contributed by atoms with E-state index >= 15 is 0 Å². The number of nitrogens with zero attached hydrogens (tertiary/aromatic N) is 1. The van der Waals surface area contributed by atoms with Crippen LogP contribution in [-0.2, 0) is 9.59 Å². The van der Waals surface area contributed by atoms with Crippen molar-refractivity contribution in [3.05, 3.63) is 63.6 Å². The third-order valence-electron chi connectivity index (χ3n) is 3.74. The van der Waals surface area contributed by atoms with E-state index < -0.39 is 17.6 Å². The zero-order chi connectivity index (χ0) is 19.3. The number of aryl methyl sites for hydroxylation is 1. The van der Waals surface area contributed by atoms with E-state index in [1.807, 2.05) is 6.92 Å². The van der Waals surface area contributed by atoms with Gasteiger partial charge in [-0.2, -0.15) is 0 Å². The summed E-state index contributed by atoms with van der Waals surface area (Å²) < 4.78 is 0. The molecule has 0 saturated heterocycles. The molecule has 7 heteroatoms. The molecule has 2 aromatic carbocycles. The highest BCUT2D eigenvalue weighted by Gasteiger charge is 2.24. The number of benzene rings is 2. The van der Waals surface area contributed by atoms with Gasteiger partial charge in [0.1, 0.15) is 6.54 Å². The molecule has 0 saturated carbocycles. The van der Waals surface area contributed by atoms with Crippen molar-refractivity contribution in [2.75, 3.05) is 18.4 Å². The maximum atomic E-state index is 12.4. The van der Waals surface area contributed by atoms with Gasteiger partial charge in [-0.15, -0.1) is 0 Å². The predicted molar refractivity (Wildman–Crippen MR) is 103 cm³/mol. The minimum atomic E-state index is -0.739. The zero-order valence-corrected chi connectivity index (χ0v) is 15.9. The zero-order valence-electron chi connectivity index (χ0n) is 14.4. The van der Waals surface area contributed by atoms with Crippen molar-refractivity contribution in [3.63, 3.8) is 0 Å². The Bertz CT molecular complexity index is 815. The fourth-order valence-electron chi connectivity index (χ4n) is 2.27. The third-order valence-corrected chi connectivity index (χ3v) is 4.37. The molecule has 0 atom stereocenters. The van der Waals surface area contributed by atoms with Gasteiger partial charge in [-0.25, -0.2) is 0 Å². The molecular weight excluding hydrogens is 375 g/mol. The number of nitrogens with one attached hydrogen (secondary N) is 1. The Hall–Kier alpha value is -2.37. The van der Waals surface area contributed by atoms with Crippen molar-refractivity contribution >= 4 is 46.5 Å². The summed E-state index contributed by atoms with van der Waals surface area (Å²) >= 11 is 12.0. The van der Waals surface area contributed by atoms with Crippen LogP contribution in [0.5, 0.6) is 0 Å². The number of halogens is 2. The van der Waals surface area contributed by atoms with Crippen LogP contribution >= 0.6 is 23.2 Å². The Labute approximate surface area is 161 Å². The molecule has 0 aliphatic heterocycles. The Morgan fingerprint density at radius 3 is 2.12 bits per heavy atom. The molecule has 2 amide bonds. The van der Waals surface area contributed by atoms with Gasteiger partial charge in [0, 0.05) is 12.1 Å². The number of para-hydroxylation sites is 1. The molecule has 2 aromatic rings. The maximum absolute atomic E-state index is 12.4. The first-order valence-electron chi connectivity index (χ1n) is 7.97. The van der Waals surface area contributed by atoms with Crippen LogP contribution in [0.1, 0.15) is 22.8 Å². The number of carbonyl (C=O) groups is 3. The topological polar surface area (TPSA) is 66.5 Å². The lowest BCUT2D eigenvalue weighted by Gasteiger charge is -2.20. The molecule has 2 rings (SSSR count). The van der Waals surface area contributed by atoms with Gasteiger partial charge >= 0.3 is 0 Å². The second kappa shape index (κ2) is 8.83. The van der Waals surface area contributed by atoms with Crippen LogP contribution in [0.15, 0.2) is 42.5 Å². The van der Waals surface area contributed by atoms with Crippen molar-refractivity contribution in [1.82, 2.24) is 4.90 Å². The highest BCUT2D eigenvalue weighted by Crippen LogP contribution is 2.29. The SMILES string of the molecule is CCN(CC(=O)Nc1c(Cl)cccc1Cl)C(=O)C(=O)c1ccc(C)cc1. The van der Waals surface area contributed by atoms with Crippen molar-refractivity contribution in [3.8, 4) is 0 Å². The molecule has 0 aliphatic rings. The molecule has 0 fully saturated rings. The summed E-state index contributed by atoms with van der Waals surface area (Å²) in [6.45, 7) is 3.50. The average molecular weight is 393 g/mol. The van der Waals surface area contributed by atoms with Gasteiger partial charge in [0.25, 0.3) is 5.91 Å². The van der Waals surface area contributed by atoms with Crippen LogP contribution in [0.3, 0.4) is 0 Å². The molecule has 136 valence electrons. The first-order valence-corrected chi connectivity index (χ1v) is 8.73. The number of ketones is 1. The van der Waals surface area contributed by atoms with E-state index in [1.165, 1.54) is 4.90 Å². The number of rotatable bonds is 6. The van der Waals surface area contributed by atoms with Crippen molar-refractivity contribution in [2.45, 2.75) is 13.8 Å². The van der Waals surface area contributed by atoms with E-state index in [0.717, 1.165) is 5.56 Å². The molecule has 1 N–H and O–H groups in total. The highest BCUT2D eigenvalue weighted by atomic mass is 35.5. The standard InChI is InChI=1S/C19H18Cl2N2O3/c1-3-23(19(26)18(25)13-9-7-12(2)8-10-13)11-16(24)22-17-14(20)5-4-6-15(17)21/h4-10H,3,11H2,1-2H3,(H,22,24). The lowest BCUT2D eigenvalue weighted by Crippen LogP contribution is -2.41. The van der Waals surface area contributed by atoms with E-state index in [0.29, 0.717) is 0 Å². The number of hydrogen-bond acceptors (Lipinski definition) is 3. The minimum Gasteiger partial charge on any atom is -0.327 e. The number of amides is 2. The second-order valence-corrected chi connectivity index (χ2v) is 6.47. The van der Waals surface area contributed by atoms with E-state index in [4.69, 9.17) is 23.2 Å². The van der Waals surface area contributed by atoms with Crippen LogP contribution in [0, 0.1) is 6.92 Å². The van der Waals surface area contributed by atoms with Gasteiger partial charge in [-0.1, -0.05) is 59.1 Å². The molecule has 0 aromatic heterocycles. The van der Waals surface area contributed by atoms with Gasteiger partial charge in [-0.3, -0.25) is 14.4 Å². The van der Waals surface area contributed by atoms with Crippen LogP contribution < -0.4 is 5.32 Å². The molecule has 0 unspecified atom stereocenters. The van der Waals surface area contributed by atoms with Crippen molar-refractivity contribution in [2.24, 2.45) is 0 Å². The van der Waals surface area contributed by atoms with E-state index in [2.05, 4.69) is 5.32 Å². The quantitative estimate of drug-likeness (QED) is 0.597. The lowest BCUT2D eigenvalue weighted by molar-refractivity contribution is -0.130. The van der Waals surface area contributed by atoms with E-state index in [1.54, 1.807) is 49.4 Å². The smallest absolute Gasteiger partial charge is 0.295 e. The predicted octanol–water partition coefficient (Wildman–Crippen LogP) is 3.97. The maximum Gasteiger partial charge on any atom is 0.295 e. The Balaban J connectivity index is 2.08. The minimum absolute atomic E-state index is 0.208. The number of Topliss-reactive ketones (excluding diaryl/α,β-unsaturated/α-hetero) is 1. The van der Waals surface area contributed by atoms with Crippen LogP contribution in [0.25, 0.3) is 0 Å². The third kappa shape index (κ3) is 4.84. The normalized spacial score (nSPS) is 10.3. The second-order valence-electron chi connectivity index (χ2n) is 5.66. The van der Waals surface area contributed by atoms with Crippen LogP contribution in [0.4, 0.5) is 5.69 Å². The summed E-state index contributed by atoms with van der Waals surface area (Å²) in [6.07, 6.45) is 0. The first kappa shape index (κ1) is 19.9. The summed E-state index contributed by atoms with van der Waals surface area (Å²) in [5, 5.41) is 3.15. The van der Waals surface area contributed by atoms with Gasteiger partial charge in [-0.05, 0) is 26.0 Å². The summed E-state index contributed by atoms with van der Waals surface area (Å²) in [5.74, 6) is -1.89. The Morgan fingerprint density at radius 1 is 1.00 bits per heavy atom. The van der Waals surface area contributed by atoms with Gasteiger partial charge in [0.15, 0.2) is 0 Å². The fourth-order valence-corrected chi connectivity index (χ4v) is 2.76. The largest absolute Gasteiger partial charge is 0.327 e. The van der Waals surface area contributed by atoms with E-state index in [9.17, 15) is 14.4 Å². The van der Waals surface area contributed by atoms with Gasteiger partial charge < -0.3 is 10.2 Å². The van der Waals surface area contributed by atoms with Gasteiger partial charge in [0.2, 0.25) is 11.7 Å².